The Balaban J connectivity index is 2.23. The van der Waals surface area contributed by atoms with Crippen LogP contribution < -0.4 is 5.32 Å². The first-order chi connectivity index (χ1) is 9.38. The molecule has 20 heavy (non-hydrogen) atoms. The molecular weight excluding hydrogens is 305 g/mol. The number of carboxylic acid groups (broad SMARTS) is 1. The van der Waals surface area contributed by atoms with E-state index in [9.17, 15) is 14.0 Å². The summed E-state index contributed by atoms with van der Waals surface area (Å²) < 4.78 is 13.6. The maximum absolute atomic E-state index is 13.6. The predicted octanol–water partition coefficient (Wildman–Crippen LogP) is 3.80. The fraction of sp³-hybridized carbons (Fsp3) is 0.0769. The summed E-state index contributed by atoms with van der Waals surface area (Å²) in [7, 11) is 0. The quantitative estimate of drug-likeness (QED) is 0.905. The molecule has 1 amide bonds. The second-order valence-electron chi connectivity index (χ2n) is 4.01. The topological polar surface area (TPSA) is 66.4 Å². The van der Waals surface area contributed by atoms with E-state index >= 15 is 0 Å². The van der Waals surface area contributed by atoms with E-state index in [-0.39, 0.29) is 15.5 Å². The maximum Gasteiger partial charge on any atom is 0.346 e. The first-order valence-electron chi connectivity index (χ1n) is 5.48. The van der Waals surface area contributed by atoms with Crippen molar-refractivity contribution < 1.29 is 19.1 Å². The zero-order chi connectivity index (χ0) is 14.9. The lowest BCUT2D eigenvalue weighted by Gasteiger charge is -2.03. The van der Waals surface area contributed by atoms with E-state index in [0.717, 1.165) is 17.4 Å². The minimum atomic E-state index is -1.06. The molecule has 4 nitrogen and oxygen atoms in total. The van der Waals surface area contributed by atoms with Crippen molar-refractivity contribution in [2.75, 3.05) is 5.32 Å². The molecule has 0 radical (unpaired) electrons. The van der Waals surface area contributed by atoms with Crippen molar-refractivity contribution in [1.82, 2.24) is 0 Å². The molecule has 7 heteroatoms. The molecule has 0 aliphatic heterocycles. The standard InChI is InChI=1S/C13H9ClFNO3S/c1-6-4-10(20-11(6)13(18)19)16-12(17)8-3-2-7(14)5-9(8)15/h2-5H,1H3,(H,16,17)(H,18,19). The highest BCUT2D eigenvalue weighted by Crippen LogP contribution is 2.27. The Hall–Kier alpha value is -1.92. The number of benzene rings is 1. The third kappa shape index (κ3) is 2.97. The van der Waals surface area contributed by atoms with Crippen molar-refractivity contribution in [1.29, 1.82) is 0 Å². The van der Waals surface area contributed by atoms with Gasteiger partial charge in [-0.1, -0.05) is 11.6 Å². The number of hydrogen-bond donors (Lipinski definition) is 2. The lowest BCUT2D eigenvalue weighted by atomic mass is 10.2. The highest BCUT2D eigenvalue weighted by atomic mass is 35.5. The monoisotopic (exact) mass is 313 g/mol. The molecule has 0 bridgehead atoms. The van der Waals surface area contributed by atoms with E-state index < -0.39 is 17.7 Å². The molecule has 1 aromatic carbocycles. The summed E-state index contributed by atoms with van der Waals surface area (Å²) in [5.74, 6) is -2.45. The zero-order valence-corrected chi connectivity index (χ0v) is 11.8. The van der Waals surface area contributed by atoms with Crippen LogP contribution in [0.1, 0.15) is 25.6 Å². The Morgan fingerprint density at radius 1 is 1.35 bits per heavy atom. The van der Waals surface area contributed by atoms with Crippen molar-refractivity contribution >= 4 is 39.8 Å². The number of halogens is 2. The van der Waals surface area contributed by atoms with Crippen LogP contribution in [0.15, 0.2) is 24.3 Å². The Labute approximate surface area is 122 Å². The van der Waals surface area contributed by atoms with Gasteiger partial charge >= 0.3 is 5.97 Å². The molecule has 2 N–H and O–H groups in total. The molecule has 0 saturated carbocycles. The van der Waals surface area contributed by atoms with E-state index in [1.807, 2.05) is 0 Å². The number of hydrogen-bond acceptors (Lipinski definition) is 3. The van der Waals surface area contributed by atoms with Crippen LogP contribution in [0.3, 0.4) is 0 Å². The highest BCUT2D eigenvalue weighted by molar-refractivity contribution is 7.18. The van der Waals surface area contributed by atoms with Crippen LogP contribution in [0.5, 0.6) is 0 Å². The normalized spacial score (nSPS) is 10.3. The molecule has 2 rings (SSSR count). The fourth-order valence-electron chi connectivity index (χ4n) is 1.61. The van der Waals surface area contributed by atoms with Gasteiger partial charge in [0, 0.05) is 5.02 Å². The average Bonchev–Trinajstić information content (AvgIpc) is 2.70. The molecule has 0 aliphatic carbocycles. The summed E-state index contributed by atoms with van der Waals surface area (Å²) in [6, 6.07) is 5.24. The molecule has 0 fully saturated rings. The molecule has 0 atom stereocenters. The van der Waals surface area contributed by atoms with Crippen LogP contribution in [0.2, 0.25) is 5.02 Å². The van der Waals surface area contributed by atoms with Crippen molar-refractivity contribution in [3.63, 3.8) is 0 Å². The second-order valence-corrected chi connectivity index (χ2v) is 5.49. The SMILES string of the molecule is Cc1cc(NC(=O)c2ccc(Cl)cc2F)sc1C(=O)O. The van der Waals surface area contributed by atoms with E-state index in [4.69, 9.17) is 16.7 Å². The number of aryl methyl sites for hydroxylation is 1. The van der Waals surface area contributed by atoms with Gasteiger partial charge in [-0.2, -0.15) is 0 Å². The van der Waals surface area contributed by atoms with Crippen LogP contribution in [-0.2, 0) is 0 Å². The number of carbonyl (C=O) groups is 2. The Morgan fingerprint density at radius 2 is 2.05 bits per heavy atom. The number of nitrogens with one attached hydrogen (secondary N) is 1. The number of amides is 1. The molecule has 0 saturated heterocycles. The summed E-state index contributed by atoms with van der Waals surface area (Å²) in [5.41, 5.74) is 0.381. The van der Waals surface area contributed by atoms with Gasteiger partial charge in [-0.3, -0.25) is 4.79 Å². The van der Waals surface area contributed by atoms with Crippen LogP contribution >= 0.6 is 22.9 Å². The summed E-state index contributed by atoms with van der Waals surface area (Å²) in [6.07, 6.45) is 0. The van der Waals surface area contributed by atoms with Gasteiger partial charge < -0.3 is 10.4 Å². The maximum atomic E-state index is 13.6. The van der Waals surface area contributed by atoms with Crippen LogP contribution in [0.25, 0.3) is 0 Å². The fourth-order valence-corrected chi connectivity index (χ4v) is 2.67. The molecule has 0 aliphatic rings. The van der Waals surface area contributed by atoms with Crippen LogP contribution in [-0.4, -0.2) is 17.0 Å². The van der Waals surface area contributed by atoms with Gasteiger partial charge in [-0.15, -0.1) is 11.3 Å². The average molecular weight is 314 g/mol. The molecule has 1 heterocycles. The lowest BCUT2D eigenvalue weighted by molar-refractivity contribution is 0.0701. The third-order valence-corrected chi connectivity index (χ3v) is 3.90. The number of anilines is 1. The number of carbonyl (C=O) groups excluding carboxylic acids is 1. The van der Waals surface area contributed by atoms with Crippen LogP contribution in [0, 0.1) is 12.7 Å². The van der Waals surface area contributed by atoms with Crippen molar-refractivity contribution in [2.24, 2.45) is 0 Å². The smallest absolute Gasteiger partial charge is 0.346 e. The van der Waals surface area contributed by atoms with Crippen molar-refractivity contribution in [3.05, 3.63) is 51.1 Å². The highest BCUT2D eigenvalue weighted by Gasteiger charge is 2.16. The van der Waals surface area contributed by atoms with E-state index in [2.05, 4.69) is 5.32 Å². The van der Waals surface area contributed by atoms with Gasteiger partial charge in [0.2, 0.25) is 0 Å². The van der Waals surface area contributed by atoms with E-state index in [1.54, 1.807) is 6.92 Å². The third-order valence-electron chi connectivity index (χ3n) is 2.52. The largest absolute Gasteiger partial charge is 0.477 e. The van der Waals surface area contributed by atoms with Gasteiger partial charge in [0.1, 0.15) is 10.7 Å². The first-order valence-corrected chi connectivity index (χ1v) is 6.68. The molecule has 2 aromatic rings. The number of aromatic carboxylic acids is 1. The van der Waals surface area contributed by atoms with Crippen molar-refractivity contribution in [2.45, 2.75) is 6.92 Å². The van der Waals surface area contributed by atoms with Gasteiger partial charge in [-0.05, 0) is 36.8 Å². The second kappa shape index (κ2) is 5.60. The lowest BCUT2D eigenvalue weighted by Crippen LogP contribution is -2.12. The molecule has 0 unspecified atom stereocenters. The zero-order valence-electron chi connectivity index (χ0n) is 10.2. The van der Waals surface area contributed by atoms with E-state index in [1.165, 1.54) is 18.2 Å². The van der Waals surface area contributed by atoms with Crippen molar-refractivity contribution in [3.8, 4) is 0 Å². The molecule has 1 aromatic heterocycles. The molecule has 0 spiro atoms. The van der Waals surface area contributed by atoms with E-state index in [0.29, 0.717) is 10.6 Å². The minimum absolute atomic E-state index is 0.136. The summed E-state index contributed by atoms with van der Waals surface area (Å²) >= 11 is 6.53. The molecular formula is C13H9ClFNO3S. The summed E-state index contributed by atoms with van der Waals surface area (Å²) in [4.78, 5) is 22.9. The number of rotatable bonds is 3. The summed E-state index contributed by atoms with van der Waals surface area (Å²) in [6.45, 7) is 1.62. The van der Waals surface area contributed by atoms with Crippen LogP contribution in [0.4, 0.5) is 9.39 Å². The minimum Gasteiger partial charge on any atom is -0.477 e. The Morgan fingerprint density at radius 3 is 2.60 bits per heavy atom. The van der Waals surface area contributed by atoms with Gasteiger partial charge in [0.25, 0.3) is 5.91 Å². The van der Waals surface area contributed by atoms with Gasteiger partial charge in [0.15, 0.2) is 0 Å². The van der Waals surface area contributed by atoms with Gasteiger partial charge in [0.05, 0.1) is 10.6 Å². The first kappa shape index (κ1) is 14.5. The number of carboxylic acids is 1. The van der Waals surface area contributed by atoms with Gasteiger partial charge in [-0.25, -0.2) is 9.18 Å². The Bertz CT molecular complexity index is 699. The summed E-state index contributed by atoms with van der Waals surface area (Å²) in [5, 5.41) is 11.9. The molecule has 104 valence electrons. The number of thiophene rings is 1. The predicted molar refractivity (Wildman–Crippen MR) is 75.4 cm³/mol. The Kier molecular flexibility index (Phi) is 4.06.